The van der Waals surface area contributed by atoms with Crippen LogP contribution in [0.5, 0.6) is 0 Å². The van der Waals surface area contributed by atoms with Crippen molar-refractivity contribution in [3.63, 3.8) is 0 Å². The standard InChI is InChI=1S/C15H23N3O2S/c1-3-6-12-9-13(19)18-15(17-12)21-10(2)14(20)16-11-7-4-5-8-11/h9-11H,3-8H2,1-2H3,(H,16,20)(H,17,18,19)/t10-/m1/s1. The number of aromatic nitrogens is 2. The first-order valence-corrected chi connectivity index (χ1v) is 8.53. The van der Waals surface area contributed by atoms with Crippen molar-refractivity contribution in [2.75, 3.05) is 0 Å². The predicted molar refractivity (Wildman–Crippen MR) is 84.6 cm³/mol. The average Bonchev–Trinajstić information content (AvgIpc) is 2.91. The van der Waals surface area contributed by atoms with Gasteiger partial charge in [0.25, 0.3) is 5.56 Å². The van der Waals surface area contributed by atoms with Gasteiger partial charge in [-0.15, -0.1) is 0 Å². The zero-order valence-electron chi connectivity index (χ0n) is 12.6. The zero-order valence-corrected chi connectivity index (χ0v) is 13.5. The van der Waals surface area contributed by atoms with Gasteiger partial charge < -0.3 is 10.3 Å². The Morgan fingerprint density at radius 1 is 1.52 bits per heavy atom. The number of thioether (sulfide) groups is 1. The second kappa shape index (κ2) is 7.64. The van der Waals surface area contributed by atoms with E-state index in [9.17, 15) is 9.59 Å². The number of carbonyl (C=O) groups is 1. The summed E-state index contributed by atoms with van der Waals surface area (Å²) in [5.41, 5.74) is 0.631. The highest BCUT2D eigenvalue weighted by atomic mass is 32.2. The number of amides is 1. The summed E-state index contributed by atoms with van der Waals surface area (Å²) in [4.78, 5) is 30.9. The molecule has 0 bridgehead atoms. The van der Waals surface area contributed by atoms with E-state index in [1.807, 2.05) is 13.8 Å². The Hall–Kier alpha value is -1.30. The second-order valence-electron chi connectivity index (χ2n) is 5.54. The molecule has 5 nitrogen and oxygen atoms in total. The number of aromatic amines is 1. The zero-order chi connectivity index (χ0) is 15.2. The molecule has 0 radical (unpaired) electrons. The number of aryl methyl sites for hydroxylation is 1. The van der Waals surface area contributed by atoms with Crippen molar-refractivity contribution in [3.8, 4) is 0 Å². The summed E-state index contributed by atoms with van der Waals surface area (Å²) >= 11 is 1.31. The van der Waals surface area contributed by atoms with Crippen molar-refractivity contribution >= 4 is 17.7 Å². The van der Waals surface area contributed by atoms with Crippen LogP contribution in [0.2, 0.25) is 0 Å². The fraction of sp³-hybridized carbons (Fsp3) is 0.667. The smallest absolute Gasteiger partial charge is 0.251 e. The maximum atomic E-state index is 12.1. The van der Waals surface area contributed by atoms with Crippen LogP contribution in [0.3, 0.4) is 0 Å². The van der Waals surface area contributed by atoms with Gasteiger partial charge in [0.15, 0.2) is 5.16 Å². The second-order valence-corrected chi connectivity index (χ2v) is 6.87. The van der Waals surface area contributed by atoms with E-state index in [4.69, 9.17) is 0 Å². The third-order valence-corrected chi connectivity index (χ3v) is 4.62. The molecule has 1 fully saturated rings. The van der Waals surface area contributed by atoms with Crippen molar-refractivity contribution in [1.82, 2.24) is 15.3 Å². The molecule has 2 N–H and O–H groups in total. The molecule has 0 unspecified atom stereocenters. The minimum atomic E-state index is -0.259. The molecule has 21 heavy (non-hydrogen) atoms. The Morgan fingerprint density at radius 3 is 2.90 bits per heavy atom. The van der Waals surface area contributed by atoms with E-state index in [-0.39, 0.29) is 16.7 Å². The largest absolute Gasteiger partial charge is 0.352 e. The average molecular weight is 309 g/mol. The molecule has 1 atom stereocenters. The molecule has 0 aromatic carbocycles. The Labute approximate surface area is 129 Å². The Bertz CT molecular complexity index is 538. The van der Waals surface area contributed by atoms with Crippen LogP contribution < -0.4 is 10.9 Å². The van der Waals surface area contributed by atoms with Gasteiger partial charge >= 0.3 is 0 Å². The van der Waals surface area contributed by atoms with Crippen molar-refractivity contribution in [3.05, 3.63) is 22.1 Å². The SMILES string of the molecule is CCCc1cc(=O)[nH]c(S[C@H](C)C(=O)NC2CCCC2)n1. The van der Waals surface area contributed by atoms with Gasteiger partial charge in [0.2, 0.25) is 5.91 Å². The monoisotopic (exact) mass is 309 g/mol. The Kier molecular flexibility index (Phi) is 5.85. The van der Waals surface area contributed by atoms with E-state index in [0.29, 0.717) is 11.2 Å². The van der Waals surface area contributed by atoms with Crippen LogP contribution in [0.4, 0.5) is 0 Å². The number of hydrogen-bond acceptors (Lipinski definition) is 4. The molecular formula is C15H23N3O2S. The van der Waals surface area contributed by atoms with Crippen molar-refractivity contribution in [2.45, 2.75) is 68.8 Å². The molecule has 1 amide bonds. The van der Waals surface area contributed by atoms with E-state index in [2.05, 4.69) is 15.3 Å². The Morgan fingerprint density at radius 2 is 2.24 bits per heavy atom. The van der Waals surface area contributed by atoms with Gasteiger partial charge in [-0.2, -0.15) is 0 Å². The van der Waals surface area contributed by atoms with E-state index in [0.717, 1.165) is 31.4 Å². The normalized spacial score (nSPS) is 16.9. The number of H-pyrrole nitrogens is 1. The third kappa shape index (κ3) is 4.88. The van der Waals surface area contributed by atoms with E-state index >= 15 is 0 Å². The van der Waals surface area contributed by atoms with Crippen LogP contribution in [0.25, 0.3) is 0 Å². The van der Waals surface area contributed by atoms with Crippen LogP contribution in [0.1, 0.15) is 51.6 Å². The van der Waals surface area contributed by atoms with E-state index in [1.54, 1.807) is 0 Å². The van der Waals surface area contributed by atoms with Gasteiger partial charge in [0.1, 0.15) is 0 Å². The molecular weight excluding hydrogens is 286 g/mol. The number of nitrogens with zero attached hydrogens (tertiary/aromatic N) is 1. The molecule has 1 saturated carbocycles. The highest BCUT2D eigenvalue weighted by Crippen LogP contribution is 2.21. The summed E-state index contributed by atoms with van der Waals surface area (Å²) in [6, 6.07) is 1.84. The summed E-state index contributed by atoms with van der Waals surface area (Å²) in [6.07, 6.45) is 6.26. The topological polar surface area (TPSA) is 74.8 Å². The lowest BCUT2D eigenvalue weighted by molar-refractivity contribution is -0.120. The fourth-order valence-electron chi connectivity index (χ4n) is 2.53. The quantitative estimate of drug-likeness (QED) is 0.624. The van der Waals surface area contributed by atoms with Gasteiger partial charge in [0, 0.05) is 17.8 Å². The third-order valence-electron chi connectivity index (χ3n) is 3.64. The van der Waals surface area contributed by atoms with Crippen LogP contribution in [0, 0.1) is 0 Å². The summed E-state index contributed by atoms with van der Waals surface area (Å²) in [7, 11) is 0. The molecule has 0 spiro atoms. The molecule has 1 aromatic heterocycles. The highest BCUT2D eigenvalue weighted by molar-refractivity contribution is 8.00. The van der Waals surface area contributed by atoms with Gasteiger partial charge in [-0.1, -0.05) is 37.9 Å². The molecule has 1 aromatic rings. The summed E-state index contributed by atoms with van der Waals surface area (Å²) < 4.78 is 0. The molecule has 0 saturated heterocycles. The lowest BCUT2D eigenvalue weighted by Gasteiger charge is -2.16. The molecule has 0 aliphatic heterocycles. The highest BCUT2D eigenvalue weighted by Gasteiger charge is 2.21. The van der Waals surface area contributed by atoms with Crippen LogP contribution in [-0.4, -0.2) is 27.2 Å². The maximum Gasteiger partial charge on any atom is 0.251 e. The minimum Gasteiger partial charge on any atom is -0.352 e. The van der Waals surface area contributed by atoms with Crippen molar-refractivity contribution in [1.29, 1.82) is 0 Å². The molecule has 1 aliphatic carbocycles. The molecule has 2 rings (SSSR count). The lowest BCUT2D eigenvalue weighted by atomic mass is 10.2. The molecule has 1 heterocycles. The lowest BCUT2D eigenvalue weighted by Crippen LogP contribution is -2.37. The fourth-order valence-corrected chi connectivity index (χ4v) is 3.37. The molecule has 6 heteroatoms. The first kappa shape index (κ1) is 16.1. The minimum absolute atomic E-state index is 0.0236. The molecule has 1 aliphatic rings. The first-order chi connectivity index (χ1) is 10.1. The number of hydrogen-bond donors (Lipinski definition) is 2. The maximum absolute atomic E-state index is 12.1. The van der Waals surface area contributed by atoms with E-state index in [1.165, 1.54) is 30.7 Å². The van der Waals surface area contributed by atoms with Crippen LogP contribution >= 0.6 is 11.8 Å². The summed E-state index contributed by atoms with van der Waals surface area (Å²) in [5.74, 6) is 0.0236. The van der Waals surface area contributed by atoms with Crippen molar-refractivity contribution < 1.29 is 4.79 Å². The first-order valence-electron chi connectivity index (χ1n) is 7.65. The number of rotatable bonds is 6. The molecule has 116 valence electrons. The van der Waals surface area contributed by atoms with E-state index < -0.39 is 0 Å². The Balaban J connectivity index is 1.96. The predicted octanol–water partition coefficient (Wildman–Crippen LogP) is 2.26. The van der Waals surface area contributed by atoms with Gasteiger partial charge in [-0.05, 0) is 26.2 Å². The van der Waals surface area contributed by atoms with Gasteiger partial charge in [-0.3, -0.25) is 9.59 Å². The van der Waals surface area contributed by atoms with Crippen LogP contribution in [-0.2, 0) is 11.2 Å². The number of carbonyl (C=O) groups excluding carboxylic acids is 1. The summed E-state index contributed by atoms with van der Waals surface area (Å²) in [5, 5.41) is 3.34. The van der Waals surface area contributed by atoms with Crippen molar-refractivity contribution in [2.24, 2.45) is 0 Å². The van der Waals surface area contributed by atoms with Crippen LogP contribution in [0.15, 0.2) is 16.0 Å². The summed E-state index contributed by atoms with van der Waals surface area (Å²) in [6.45, 7) is 3.90. The van der Waals surface area contributed by atoms with Gasteiger partial charge in [0.05, 0.1) is 5.25 Å². The van der Waals surface area contributed by atoms with Gasteiger partial charge in [-0.25, -0.2) is 4.98 Å². The number of nitrogens with one attached hydrogen (secondary N) is 2.